The molecule has 0 aliphatic rings. The van der Waals surface area contributed by atoms with Crippen LogP contribution in [0.1, 0.15) is 6.92 Å². The fourth-order valence-corrected chi connectivity index (χ4v) is 0.182. The topological polar surface area (TPSA) is 45.0 Å². The molecule has 0 radical (unpaired) electrons. The van der Waals surface area contributed by atoms with Gasteiger partial charge in [0.15, 0.2) is 0 Å². The molecule has 0 aromatic heterocycles. The van der Waals surface area contributed by atoms with Gasteiger partial charge in [0, 0.05) is 12.8 Å². The SMILES string of the molecule is CCN=C/C=N/O. The molecule has 0 saturated carbocycles. The predicted molar refractivity (Wildman–Crippen MR) is 29.3 cm³/mol. The van der Waals surface area contributed by atoms with Crippen LogP contribution in [0.3, 0.4) is 0 Å². The number of aliphatic imine (C=N–C) groups is 1. The molecule has 0 spiro atoms. The van der Waals surface area contributed by atoms with Crippen LogP contribution < -0.4 is 0 Å². The van der Waals surface area contributed by atoms with Crippen LogP contribution in [-0.2, 0) is 0 Å². The first-order valence-corrected chi connectivity index (χ1v) is 2.07. The van der Waals surface area contributed by atoms with E-state index in [0.29, 0.717) is 0 Å². The number of nitrogens with zero attached hydrogens (tertiary/aromatic N) is 2. The van der Waals surface area contributed by atoms with Crippen LogP contribution in [0.5, 0.6) is 0 Å². The van der Waals surface area contributed by atoms with E-state index < -0.39 is 0 Å². The lowest BCUT2D eigenvalue weighted by Crippen LogP contribution is -1.75. The molecule has 1 N–H and O–H groups in total. The normalized spacial score (nSPS) is 11.6. The van der Waals surface area contributed by atoms with Crippen molar-refractivity contribution in [3.63, 3.8) is 0 Å². The molecule has 0 aliphatic heterocycles. The van der Waals surface area contributed by atoms with Gasteiger partial charge in [-0.2, -0.15) is 0 Å². The van der Waals surface area contributed by atoms with E-state index in [2.05, 4.69) is 10.1 Å². The van der Waals surface area contributed by atoms with Gasteiger partial charge in [0.25, 0.3) is 0 Å². The van der Waals surface area contributed by atoms with E-state index in [1.165, 1.54) is 12.4 Å². The van der Waals surface area contributed by atoms with E-state index >= 15 is 0 Å². The third-order valence-corrected chi connectivity index (χ3v) is 0.421. The summed E-state index contributed by atoms with van der Waals surface area (Å²) in [4.78, 5) is 3.73. The van der Waals surface area contributed by atoms with Crippen LogP contribution in [0.4, 0.5) is 0 Å². The second-order valence-electron chi connectivity index (χ2n) is 0.912. The fraction of sp³-hybridized carbons (Fsp3) is 0.500. The van der Waals surface area contributed by atoms with Crippen LogP contribution in [0.15, 0.2) is 10.1 Å². The van der Waals surface area contributed by atoms with Crippen molar-refractivity contribution in [2.75, 3.05) is 6.54 Å². The Hall–Kier alpha value is -0.860. The van der Waals surface area contributed by atoms with Crippen molar-refractivity contribution in [3.8, 4) is 0 Å². The van der Waals surface area contributed by atoms with E-state index in [9.17, 15) is 0 Å². The molecule has 40 valence electrons. The van der Waals surface area contributed by atoms with Gasteiger partial charge in [0.05, 0.1) is 6.21 Å². The van der Waals surface area contributed by atoms with Crippen LogP contribution in [0, 0.1) is 0 Å². The van der Waals surface area contributed by atoms with Gasteiger partial charge in [-0.25, -0.2) is 0 Å². The van der Waals surface area contributed by atoms with Crippen molar-refractivity contribution in [2.45, 2.75) is 6.92 Å². The number of hydrogen-bond donors (Lipinski definition) is 1. The van der Waals surface area contributed by atoms with Crippen LogP contribution in [0.2, 0.25) is 0 Å². The maximum atomic E-state index is 7.77. The van der Waals surface area contributed by atoms with Crippen molar-refractivity contribution >= 4 is 12.4 Å². The largest absolute Gasteiger partial charge is 0.411 e. The highest BCUT2D eigenvalue weighted by Crippen LogP contribution is 1.58. The first-order chi connectivity index (χ1) is 3.41. The number of hydrogen-bond acceptors (Lipinski definition) is 3. The minimum Gasteiger partial charge on any atom is -0.411 e. The Kier molecular flexibility index (Phi) is 4.51. The average molecular weight is 100 g/mol. The Bertz CT molecular complexity index is 77.8. The van der Waals surface area contributed by atoms with Crippen molar-refractivity contribution in [2.24, 2.45) is 10.1 Å². The summed E-state index contributed by atoms with van der Waals surface area (Å²) in [6.45, 7) is 2.63. The molecule has 0 fully saturated rings. The lowest BCUT2D eigenvalue weighted by molar-refractivity contribution is 0.322. The highest BCUT2D eigenvalue weighted by molar-refractivity contribution is 6.15. The minimum absolute atomic E-state index is 0.728. The molecule has 0 bridgehead atoms. The smallest absolute Gasteiger partial charge is 0.0839 e. The van der Waals surface area contributed by atoms with E-state index in [1.54, 1.807) is 0 Å². The van der Waals surface area contributed by atoms with Crippen molar-refractivity contribution in [1.29, 1.82) is 0 Å². The molecule has 0 atom stereocenters. The van der Waals surface area contributed by atoms with E-state index in [0.717, 1.165) is 6.54 Å². The zero-order chi connectivity index (χ0) is 5.54. The summed E-state index contributed by atoms with van der Waals surface area (Å²) in [5.41, 5.74) is 0. The summed E-state index contributed by atoms with van der Waals surface area (Å²) in [5, 5.41) is 10.5. The van der Waals surface area contributed by atoms with Crippen LogP contribution in [0.25, 0.3) is 0 Å². The molecule has 0 unspecified atom stereocenters. The molecule has 3 heteroatoms. The number of rotatable bonds is 2. The third-order valence-electron chi connectivity index (χ3n) is 0.421. The molecule has 3 nitrogen and oxygen atoms in total. The van der Waals surface area contributed by atoms with Crippen molar-refractivity contribution in [3.05, 3.63) is 0 Å². The fourth-order valence-electron chi connectivity index (χ4n) is 0.182. The van der Waals surface area contributed by atoms with Crippen molar-refractivity contribution < 1.29 is 5.21 Å². The molecular weight excluding hydrogens is 92.1 g/mol. The Labute approximate surface area is 42.4 Å². The maximum absolute atomic E-state index is 7.77. The van der Waals surface area contributed by atoms with Gasteiger partial charge in [-0.1, -0.05) is 5.16 Å². The highest BCUT2D eigenvalue weighted by atomic mass is 16.4. The average Bonchev–Trinajstić information content (AvgIpc) is 1.69. The summed E-state index contributed by atoms with van der Waals surface area (Å²) in [6.07, 6.45) is 2.67. The van der Waals surface area contributed by atoms with Gasteiger partial charge in [-0.05, 0) is 6.92 Å². The summed E-state index contributed by atoms with van der Waals surface area (Å²) in [5.74, 6) is 0. The van der Waals surface area contributed by atoms with Gasteiger partial charge in [0.1, 0.15) is 0 Å². The monoisotopic (exact) mass is 100 g/mol. The third kappa shape index (κ3) is 5.14. The molecule has 0 aromatic rings. The molecular formula is C4H8N2O. The standard InChI is InChI=1S/C4H8N2O/c1-2-5-3-4-6-7/h3-4,7H,2H2,1H3/b5-3?,6-4+. The van der Waals surface area contributed by atoms with Gasteiger partial charge >= 0.3 is 0 Å². The van der Waals surface area contributed by atoms with Gasteiger partial charge in [-0.15, -0.1) is 0 Å². The zero-order valence-electron chi connectivity index (χ0n) is 4.20. The van der Waals surface area contributed by atoms with Gasteiger partial charge < -0.3 is 5.21 Å². The first kappa shape index (κ1) is 6.14. The Morgan fingerprint density at radius 2 is 2.29 bits per heavy atom. The number of oxime groups is 1. The molecule has 0 aliphatic carbocycles. The molecule has 0 amide bonds. The van der Waals surface area contributed by atoms with Gasteiger partial charge in [0.2, 0.25) is 0 Å². The van der Waals surface area contributed by atoms with Crippen LogP contribution >= 0.6 is 0 Å². The summed E-state index contributed by atoms with van der Waals surface area (Å²) < 4.78 is 0. The predicted octanol–water partition coefficient (Wildman–Crippen LogP) is 0.537. The van der Waals surface area contributed by atoms with Crippen molar-refractivity contribution in [1.82, 2.24) is 0 Å². The lowest BCUT2D eigenvalue weighted by atomic mass is 10.7. The zero-order valence-corrected chi connectivity index (χ0v) is 4.20. The first-order valence-electron chi connectivity index (χ1n) is 2.07. The molecule has 0 heterocycles. The highest BCUT2D eigenvalue weighted by Gasteiger charge is 1.59. The van der Waals surface area contributed by atoms with Gasteiger partial charge in [-0.3, -0.25) is 4.99 Å². The Morgan fingerprint density at radius 1 is 1.57 bits per heavy atom. The van der Waals surface area contributed by atoms with E-state index in [1.807, 2.05) is 6.92 Å². The second-order valence-corrected chi connectivity index (χ2v) is 0.912. The molecule has 0 saturated heterocycles. The second kappa shape index (κ2) is 5.14. The summed E-state index contributed by atoms with van der Waals surface area (Å²) in [7, 11) is 0. The Morgan fingerprint density at radius 3 is 2.71 bits per heavy atom. The van der Waals surface area contributed by atoms with E-state index in [4.69, 9.17) is 5.21 Å². The lowest BCUT2D eigenvalue weighted by Gasteiger charge is -1.71. The van der Waals surface area contributed by atoms with E-state index in [-0.39, 0.29) is 0 Å². The molecule has 7 heavy (non-hydrogen) atoms. The summed E-state index contributed by atoms with van der Waals surface area (Å²) in [6, 6.07) is 0. The quantitative estimate of drug-likeness (QED) is 0.307. The molecule has 0 aromatic carbocycles. The van der Waals surface area contributed by atoms with Crippen LogP contribution in [-0.4, -0.2) is 24.2 Å². The Balaban J connectivity index is 3.09. The maximum Gasteiger partial charge on any atom is 0.0839 e. The summed E-state index contributed by atoms with van der Waals surface area (Å²) >= 11 is 0. The molecule has 0 rings (SSSR count). The minimum atomic E-state index is 0.728.